The molecule has 178 valence electrons. The third kappa shape index (κ3) is 5.47. The summed E-state index contributed by atoms with van der Waals surface area (Å²) in [6.07, 6.45) is 2.97. The average Bonchev–Trinajstić information content (AvgIpc) is 2.82. The van der Waals surface area contributed by atoms with Gasteiger partial charge in [-0.2, -0.15) is 4.31 Å². The number of hydrogen-bond donors (Lipinski definition) is 0. The van der Waals surface area contributed by atoms with Crippen molar-refractivity contribution in [3.05, 3.63) is 29.6 Å². The molecule has 2 heterocycles. The molecule has 8 nitrogen and oxygen atoms in total. The normalized spacial score (nSPS) is 18.5. The van der Waals surface area contributed by atoms with E-state index in [4.69, 9.17) is 4.74 Å². The van der Waals surface area contributed by atoms with Crippen molar-refractivity contribution < 1.29 is 27.1 Å². The van der Waals surface area contributed by atoms with Crippen LogP contribution in [-0.4, -0.2) is 87.3 Å². The Morgan fingerprint density at radius 1 is 1.16 bits per heavy atom. The molecule has 0 radical (unpaired) electrons. The van der Waals surface area contributed by atoms with Crippen LogP contribution in [0.2, 0.25) is 0 Å². The summed E-state index contributed by atoms with van der Waals surface area (Å²) >= 11 is 0. The summed E-state index contributed by atoms with van der Waals surface area (Å²) in [5, 5.41) is 0. The van der Waals surface area contributed by atoms with Crippen molar-refractivity contribution in [2.75, 3.05) is 53.0 Å². The first-order valence-electron chi connectivity index (χ1n) is 11.2. The monoisotopic (exact) mass is 469 g/mol. The molecule has 0 bridgehead atoms. The molecule has 32 heavy (non-hydrogen) atoms. The number of carbonyl (C=O) groups is 2. The van der Waals surface area contributed by atoms with E-state index in [9.17, 15) is 22.4 Å². The van der Waals surface area contributed by atoms with Gasteiger partial charge in [0.25, 0.3) is 5.91 Å². The minimum atomic E-state index is -3.84. The van der Waals surface area contributed by atoms with Crippen LogP contribution in [-0.2, 0) is 19.6 Å². The van der Waals surface area contributed by atoms with E-state index in [1.165, 1.54) is 15.3 Å². The van der Waals surface area contributed by atoms with E-state index in [1.807, 2.05) is 0 Å². The number of ether oxygens (including phenoxy) is 1. The van der Waals surface area contributed by atoms with Crippen LogP contribution < -0.4 is 0 Å². The number of halogens is 1. The van der Waals surface area contributed by atoms with Gasteiger partial charge in [-0.1, -0.05) is 13.3 Å². The lowest BCUT2D eigenvalue weighted by atomic mass is 9.94. The second kappa shape index (κ2) is 10.7. The summed E-state index contributed by atoms with van der Waals surface area (Å²) in [4.78, 5) is 28.7. The lowest BCUT2D eigenvalue weighted by Gasteiger charge is -2.33. The molecule has 3 rings (SSSR count). The number of rotatable bonds is 7. The Morgan fingerprint density at radius 3 is 2.44 bits per heavy atom. The van der Waals surface area contributed by atoms with Gasteiger partial charge in [0.15, 0.2) is 0 Å². The maximum atomic E-state index is 14.5. The van der Waals surface area contributed by atoms with Crippen LogP contribution in [0.15, 0.2) is 23.1 Å². The number of likely N-dealkylation sites (tertiary alicyclic amines) is 1. The third-order valence-electron chi connectivity index (χ3n) is 6.13. The predicted molar refractivity (Wildman–Crippen MR) is 117 cm³/mol. The first-order valence-corrected chi connectivity index (χ1v) is 12.6. The van der Waals surface area contributed by atoms with Gasteiger partial charge >= 0.3 is 0 Å². The van der Waals surface area contributed by atoms with Crippen molar-refractivity contribution in [3.63, 3.8) is 0 Å². The minimum Gasteiger partial charge on any atom is -0.379 e. The molecule has 2 aliphatic rings. The van der Waals surface area contributed by atoms with E-state index in [-0.39, 0.29) is 35.4 Å². The van der Waals surface area contributed by atoms with Crippen LogP contribution in [0.25, 0.3) is 0 Å². The van der Waals surface area contributed by atoms with E-state index in [2.05, 4.69) is 6.92 Å². The fourth-order valence-electron chi connectivity index (χ4n) is 4.08. The zero-order valence-corrected chi connectivity index (χ0v) is 19.6. The van der Waals surface area contributed by atoms with Gasteiger partial charge in [-0.25, -0.2) is 12.8 Å². The molecule has 2 saturated heterocycles. The van der Waals surface area contributed by atoms with Crippen molar-refractivity contribution in [2.24, 2.45) is 5.92 Å². The van der Waals surface area contributed by atoms with Crippen LogP contribution in [0.1, 0.15) is 43.0 Å². The second-order valence-electron chi connectivity index (χ2n) is 8.34. The van der Waals surface area contributed by atoms with Crippen molar-refractivity contribution in [1.82, 2.24) is 14.1 Å². The van der Waals surface area contributed by atoms with Crippen LogP contribution >= 0.6 is 0 Å². The van der Waals surface area contributed by atoms with E-state index in [0.717, 1.165) is 25.0 Å². The third-order valence-corrected chi connectivity index (χ3v) is 8.03. The van der Waals surface area contributed by atoms with Crippen LogP contribution in [0.4, 0.5) is 4.39 Å². The average molecular weight is 470 g/mol. The SMILES string of the molecule is CCCCN(C)C(=O)C1CCN(C(=O)c2cc(S(=O)(=O)N3CCOCC3)ccc2F)CC1. The number of nitrogens with zero attached hydrogens (tertiary/aromatic N) is 3. The van der Waals surface area contributed by atoms with Gasteiger partial charge in [-0.05, 0) is 37.5 Å². The highest BCUT2D eigenvalue weighted by Crippen LogP contribution is 2.24. The highest BCUT2D eigenvalue weighted by Gasteiger charge is 2.32. The number of morpholine rings is 1. The zero-order chi connectivity index (χ0) is 23.3. The predicted octanol–water partition coefficient (Wildman–Crippen LogP) is 1.96. The Hall–Kier alpha value is -2.04. The Morgan fingerprint density at radius 2 is 1.81 bits per heavy atom. The molecule has 10 heteroatoms. The molecular formula is C22H32FN3O5S. The number of amides is 2. The van der Waals surface area contributed by atoms with Gasteiger partial charge in [0.05, 0.1) is 23.7 Å². The summed E-state index contributed by atoms with van der Waals surface area (Å²) in [5.74, 6) is -1.38. The van der Waals surface area contributed by atoms with Crippen molar-refractivity contribution in [3.8, 4) is 0 Å². The fourth-order valence-corrected chi connectivity index (χ4v) is 5.52. The fraction of sp³-hybridized carbons (Fsp3) is 0.636. The molecule has 0 aromatic heterocycles. The number of benzene rings is 1. The van der Waals surface area contributed by atoms with E-state index in [0.29, 0.717) is 45.7 Å². The Balaban J connectivity index is 1.68. The number of piperidine rings is 1. The quantitative estimate of drug-likeness (QED) is 0.609. The molecule has 0 unspecified atom stereocenters. The standard InChI is InChI=1S/C22H32FN3O5S/c1-3-4-9-24(2)21(27)17-7-10-25(11-8-17)22(28)19-16-18(5-6-20(19)23)32(29,30)26-12-14-31-15-13-26/h5-6,16-17H,3-4,7-15H2,1-2H3. The van der Waals surface area contributed by atoms with Gasteiger partial charge in [0.2, 0.25) is 15.9 Å². The zero-order valence-electron chi connectivity index (χ0n) is 18.8. The van der Waals surface area contributed by atoms with Gasteiger partial charge in [-0.3, -0.25) is 9.59 Å². The highest BCUT2D eigenvalue weighted by atomic mass is 32.2. The first-order chi connectivity index (χ1) is 15.3. The smallest absolute Gasteiger partial charge is 0.256 e. The lowest BCUT2D eigenvalue weighted by Crippen LogP contribution is -2.44. The van der Waals surface area contributed by atoms with Crippen LogP contribution in [0, 0.1) is 11.7 Å². The van der Waals surface area contributed by atoms with Crippen molar-refractivity contribution in [1.29, 1.82) is 0 Å². The summed E-state index contributed by atoms with van der Waals surface area (Å²) in [6, 6.07) is 3.34. The van der Waals surface area contributed by atoms with Gasteiger partial charge < -0.3 is 14.5 Å². The molecule has 2 amide bonds. The van der Waals surface area contributed by atoms with E-state index in [1.54, 1.807) is 11.9 Å². The van der Waals surface area contributed by atoms with Crippen molar-refractivity contribution >= 4 is 21.8 Å². The largest absolute Gasteiger partial charge is 0.379 e. The van der Waals surface area contributed by atoms with Crippen LogP contribution in [0.5, 0.6) is 0 Å². The number of hydrogen-bond acceptors (Lipinski definition) is 5. The lowest BCUT2D eigenvalue weighted by molar-refractivity contribution is -0.135. The first kappa shape index (κ1) is 24.6. The highest BCUT2D eigenvalue weighted by molar-refractivity contribution is 7.89. The topological polar surface area (TPSA) is 87.2 Å². The van der Waals surface area contributed by atoms with Gasteiger partial charge in [0.1, 0.15) is 5.82 Å². The molecule has 0 spiro atoms. The Bertz CT molecular complexity index is 925. The second-order valence-corrected chi connectivity index (χ2v) is 10.3. The molecule has 1 aromatic carbocycles. The molecule has 0 atom stereocenters. The van der Waals surface area contributed by atoms with Crippen LogP contribution in [0.3, 0.4) is 0 Å². The molecule has 0 aliphatic carbocycles. The molecule has 0 saturated carbocycles. The number of carbonyl (C=O) groups excluding carboxylic acids is 2. The number of unbranched alkanes of at least 4 members (excludes halogenated alkanes) is 1. The summed E-state index contributed by atoms with van der Waals surface area (Å²) in [7, 11) is -2.04. The van der Waals surface area contributed by atoms with E-state index >= 15 is 0 Å². The summed E-state index contributed by atoms with van der Waals surface area (Å²) < 4.78 is 46.8. The minimum absolute atomic E-state index is 0.0790. The van der Waals surface area contributed by atoms with Gasteiger partial charge in [0, 0.05) is 45.7 Å². The summed E-state index contributed by atoms with van der Waals surface area (Å²) in [6.45, 7) is 4.48. The Kier molecular flexibility index (Phi) is 8.24. The van der Waals surface area contributed by atoms with Crippen molar-refractivity contribution in [2.45, 2.75) is 37.5 Å². The van der Waals surface area contributed by atoms with Gasteiger partial charge in [-0.15, -0.1) is 0 Å². The molecule has 0 N–H and O–H groups in total. The maximum absolute atomic E-state index is 14.5. The maximum Gasteiger partial charge on any atom is 0.256 e. The van der Waals surface area contributed by atoms with E-state index < -0.39 is 21.7 Å². The molecular weight excluding hydrogens is 437 g/mol. The molecule has 2 aliphatic heterocycles. The molecule has 1 aromatic rings. The Labute approximate surface area is 189 Å². The molecule has 2 fully saturated rings. The summed E-state index contributed by atoms with van der Waals surface area (Å²) in [5.41, 5.74) is -0.260. The number of sulfonamides is 1.